The molecule has 0 aliphatic heterocycles. The molecule has 1 aromatic rings. The lowest BCUT2D eigenvalue weighted by molar-refractivity contribution is 0.131. The second-order valence-corrected chi connectivity index (χ2v) is 7.36. The molecule has 0 atom stereocenters. The summed E-state index contributed by atoms with van der Waals surface area (Å²) in [4.78, 5) is 11.6. The number of nitrogens with one attached hydrogen (secondary N) is 2. The molecular weight excluding hydrogens is 278 g/mol. The van der Waals surface area contributed by atoms with Crippen LogP contribution < -0.4 is 16.4 Å². The third kappa shape index (κ3) is 6.70. The predicted octanol–water partition coefficient (Wildman–Crippen LogP) is 3.68. The first-order valence-corrected chi connectivity index (χ1v) is 7.58. The van der Waals surface area contributed by atoms with Crippen LogP contribution in [0.3, 0.4) is 0 Å². The van der Waals surface area contributed by atoms with Crippen molar-refractivity contribution in [3.8, 4) is 0 Å². The highest BCUT2D eigenvalue weighted by Gasteiger charge is 2.20. The zero-order valence-electron chi connectivity index (χ0n) is 14.5. The van der Waals surface area contributed by atoms with Crippen LogP contribution in [0.4, 0.5) is 16.2 Å². The van der Waals surface area contributed by atoms with Gasteiger partial charge in [0.25, 0.3) is 0 Å². The van der Waals surface area contributed by atoms with E-state index in [0.29, 0.717) is 18.7 Å². The van der Waals surface area contributed by atoms with Crippen LogP contribution in [0.5, 0.6) is 0 Å². The quantitative estimate of drug-likeness (QED) is 0.725. The Morgan fingerprint density at radius 1 is 1.23 bits per heavy atom. The van der Waals surface area contributed by atoms with Gasteiger partial charge in [-0.25, -0.2) is 4.79 Å². The minimum absolute atomic E-state index is 0.232. The monoisotopic (exact) mass is 307 g/mol. The summed E-state index contributed by atoms with van der Waals surface area (Å²) >= 11 is 0. The molecule has 1 rings (SSSR count). The molecule has 0 radical (unpaired) electrons. The minimum atomic E-state index is -0.390. The second kappa shape index (κ2) is 6.90. The Balaban J connectivity index is 2.50. The van der Waals surface area contributed by atoms with E-state index < -0.39 is 6.09 Å². The van der Waals surface area contributed by atoms with Crippen molar-refractivity contribution in [2.45, 2.75) is 59.0 Å². The number of ether oxygens (including phenoxy) is 1. The number of aryl methyl sites for hydroxylation is 1. The number of nitrogen functional groups attached to an aromatic ring is 1. The normalized spacial score (nSPS) is 11.9. The highest BCUT2D eigenvalue weighted by Crippen LogP contribution is 2.25. The van der Waals surface area contributed by atoms with Crippen LogP contribution in [0, 0.1) is 6.92 Å². The molecule has 1 aromatic carbocycles. The smallest absolute Gasteiger partial charge is 0.407 e. The Hall–Kier alpha value is -1.91. The lowest BCUT2D eigenvalue weighted by atomic mass is 10.00. The molecule has 1 amide bonds. The SMILES string of the molecule is Cc1ccc(N)c(NC(C)(C)CCOC(=O)NC(C)(C)C)c1. The summed E-state index contributed by atoms with van der Waals surface area (Å²) in [5.41, 5.74) is 8.23. The number of hydrogen-bond acceptors (Lipinski definition) is 4. The van der Waals surface area contributed by atoms with E-state index in [1.165, 1.54) is 0 Å². The highest BCUT2D eigenvalue weighted by molar-refractivity contribution is 5.68. The maximum Gasteiger partial charge on any atom is 0.407 e. The summed E-state index contributed by atoms with van der Waals surface area (Å²) in [5, 5.41) is 6.18. The molecule has 124 valence electrons. The van der Waals surface area contributed by atoms with Gasteiger partial charge in [0.1, 0.15) is 0 Å². The maximum absolute atomic E-state index is 11.6. The number of hydrogen-bond donors (Lipinski definition) is 3. The van der Waals surface area contributed by atoms with Crippen molar-refractivity contribution in [1.82, 2.24) is 5.32 Å². The zero-order chi connectivity index (χ0) is 17.0. The summed E-state index contributed by atoms with van der Waals surface area (Å²) in [6, 6.07) is 5.89. The minimum Gasteiger partial charge on any atom is -0.449 e. The van der Waals surface area contributed by atoms with E-state index in [1.807, 2.05) is 45.9 Å². The van der Waals surface area contributed by atoms with Crippen molar-refractivity contribution >= 4 is 17.5 Å². The fourth-order valence-electron chi connectivity index (χ4n) is 1.95. The van der Waals surface area contributed by atoms with Crippen molar-refractivity contribution in [3.63, 3.8) is 0 Å². The van der Waals surface area contributed by atoms with Gasteiger partial charge in [0, 0.05) is 17.5 Å². The number of carbonyl (C=O) groups excluding carboxylic acids is 1. The van der Waals surface area contributed by atoms with Gasteiger partial charge in [0.05, 0.1) is 18.0 Å². The standard InChI is InChI=1S/C17H29N3O2/c1-12-7-8-13(18)14(11-12)19-17(5,6)9-10-22-15(21)20-16(2,3)4/h7-8,11,19H,9-10,18H2,1-6H3,(H,20,21). The maximum atomic E-state index is 11.6. The van der Waals surface area contributed by atoms with Gasteiger partial charge in [0.2, 0.25) is 0 Å². The number of alkyl carbamates (subject to hydrolysis) is 1. The topological polar surface area (TPSA) is 76.4 Å². The molecule has 0 unspecified atom stereocenters. The number of anilines is 2. The summed E-state index contributed by atoms with van der Waals surface area (Å²) in [7, 11) is 0. The molecule has 5 heteroatoms. The van der Waals surface area contributed by atoms with Gasteiger partial charge in [0.15, 0.2) is 0 Å². The third-order valence-electron chi connectivity index (χ3n) is 3.12. The van der Waals surface area contributed by atoms with Crippen LogP contribution >= 0.6 is 0 Å². The third-order valence-corrected chi connectivity index (χ3v) is 3.12. The first-order valence-electron chi connectivity index (χ1n) is 7.58. The van der Waals surface area contributed by atoms with E-state index >= 15 is 0 Å². The first-order chi connectivity index (χ1) is 9.98. The van der Waals surface area contributed by atoms with Gasteiger partial charge in [-0.05, 0) is 59.2 Å². The molecule has 0 bridgehead atoms. The number of nitrogens with two attached hydrogens (primary N) is 1. The number of amides is 1. The van der Waals surface area contributed by atoms with Crippen molar-refractivity contribution < 1.29 is 9.53 Å². The van der Waals surface area contributed by atoms with E-state index in [4.69, 9.17) is 10.5 Å². The van der Waals surface area contributed by atoms with Gasteiger partial charge in [-0.15, -0.1) is 0 Å². The van der Waals surface area contributed by atoms with Crippen LogP contribution in [0.1, 0.15) is 46.6 Å². The molecule has 0 aliphatic carbocycles. The van der Waals surface area contributed by atoms with E-state index in [1.54, 1.807) is 0 Å². The van der Waals surface area contributed by atoms with Crippen molar-refractivity contribution in [2.75, 3.05) is 17.7 Å². The Labute approximate surface area is 133 Å². The van der Waals surface area contributed by atoms with Gasteiger partial charge in [-0.2, -0.15) is 0 Å². The molecule has 0 spiro atoms. The van der Waals surface area contributed by atoms with Crippen LogP contribution in [-0.4, -0.2) is 23.8 Å². The van der Waals surface area contributed by atoms with E-state index in [9.17, 15) is 4.79 Å². The molecule has 0 saturated heterocycles. The van der Waals surface area contributed by atoms with Crippen molar-refractivity contribution in [2.24, 2.45) is 0 Å². The van der Waals surface area contributed by atoms with Crippen LogP contribution in [0.25, 0.3) is 0 Å². The Morgan fingerprint density at radius 2 is 1.86 bits per heavy atom. The average Bonchev–Trinajstić information content (AvgIpc) is 2.30. The summed E-state index contributed by atoms with van der Waals surface area (Å²) in [6.45, 7) is 12.2. The molecule has 0 aromatic heterocycles. The van der Waals surface area contributed by atoms with Gasteiger partial charge < -0.3 is 21.1 Å². The Kier molecular flexibility index (Phi) is 5.69. The fourth-order valence-corrected chi connectivity index (χ4v) is 1.95. The van der Waals surface area contributed by atoms with Crippen LogP contribution in [-0.2, 0) is 4.74 Å². The van der Waals surface area contributed by atoms with Gasteiger partial charge in [-0.3, -0.25) is 0 Å². The zero-order valence-corrected chi connectivity index (χ0v) is 14.5. The largest absolute Gasteiger partial charge is 0.449 e. The van der Waals surface area contributed by atoms with Gasteiger partial charge >= 0.3 is 6.09 Å². The van der Waals surface area contributed by atoms with Gasteiger partial charge in [-0.1, -0.05) is 6.07 Å². The Morgan fingerprint density at radius 3 is 2.45 bits per heavy atom. The number of carbonyl (C=O) groups is 1. The van der Waals surface area contributed by atoms with E-state index in [2.05, 4.69) is 24.5 Å². The molecular formula is C17H29N3O2. The Bertz CT molecular complexity index is 519. The molecule has 0 aliphatic rings. The highest BCUT2D eigenvalue weighted by atomic mass is 16.5. The molecule has 5 nitrogen and oxygen atoms in total. The lowest BCUT2D eigenvalue weighted by Crippen LogP contribution is -2.41. The molecule has 0 saturated carbocycles. The first kappa shape index (κ1) is 18.1. The van der Waals surface area contributed by atoms with Crippen LogP contribution in [0.15, 0.2) is 18.2 Å². The lowest BCUT2D eigenvalue weighted by Gasteiger charge is -2.28. The number of benzene rings is 1. The van der Waals surface area contributed by atoms with Crippen molar-refractivity contribution in [1.29, 1.82) is 0 Å². The molecule has 0 heterocycles. The fraction of sp³-hybridized carbons (Fsp3) is 0.588. The van der Waals surface area contributed by atoms with Crippen molar-refractivity contribution in [3.05, 3.63) is 23.8 Å². The van der Waals surface area contributed by atoms with E-state index in [0.717, 1.165) is 11.3 Å². The summed E-state index contributed by atoms with van der Waals surface area (Å²) in [6.07, 6.45) is 0.288. The summed E-state index contributed by atoms with van der Waals surface area (Å²) < 4.78 is 5.22. The molecule has 4 N–H and O–H groups in total. The average molecular weight is 307 g/mol. The molecule has 22 heavy (non-hydrogen) atoms. The number of rotatable bonds is 5. The predicted molar refractivity (Wildman–Crippen MR) is 92.1 cm³/mol. The molecule has 0 fully saturated rings. The second-order valence-electron chi connectivity index (χ2n) is 7.36. The van der Waals surface area contributed by atoms with Crippen LogP contribution in [0.2, 0.25) is 0 Å². The van der Waals surface area contributed by atoms with E-state index in [-0.39, 0.29) is 11.1 Å². The summed E-state index contributed by atoms with van der Waals surface area (Å²) in [5.74, 6) is 0.